The smallest absolute Gasteiger partial charge is 0.217 e. The van der Waals surface area contributed by atoms with Gasteiger partial charge < -0.3 is 25.8 Å². The van der Waals surface area contributed by atoms with Crippen LogP contribution in [0.1, 0.15) is 56.8 Å². The SMILES string of the molecule is CCc1cc(NC)c2c(c1)[C@@H](NC[C@@H](O)[C@H](Cc1ccccc1)NC(C)=O)CC(C)(C)O2. The largest absolute Gasteiger partial charge is 0.485 e. The highest BCUT2D eigenvalue weighted by molar-refractivity contribution is 5.73. The lowest BCUT2D eigenvalue weighted by Crippen LogP contribution is -2.49. The number of carbonyl (C=O) groups is 1. The summed E-state index contributed by atoms with van der Waals surface area (Å²) in [4.78, 5) is 11.8. The molecule has 0 spiro atoms. The maximum absolute atomic E-state index is 11.8. The van der Waals surface area contributed by atoms with E-state index in [-0.39, 0.29) is 23.6 Å². The lowest BCUT2D eigenvalue weighted by Gasteiger charge is -2.39. The molecule has 4 N–H and O–H groups in total. The summed E-state index contributed by atoms with van der Waals surface area (Å²) in [5.74, 6) is 0.726. The van der Waals surface area contributed by atoms with Crippen LogP contribution in [-0.2, 0) is 17.6 Å². The molecule has 6 heteroatoms. The molecule has 1 heterocycles. The Kier molecular flexibility index (Phi) is 7.80. The van der Waals surface area contributed by atoms with Crippen molar-refractivity contribution in [1.82, 2.24) is 10.6 Å². The first-order valence-corrected chi connectivity index (χ1v) is 11.5. The van der Waals surface area contributed by atoms with Crippen LogP contribution in [0.3, 0.4) is 0 Å². The first-order valence-electron chi connectivity index (χ1n) is 11.5. The number of amides is 1. The summed E-state index contributed by atoms with van der Waals surface area (Å²) < 4.78 is 6.33. The van der Waals surface area contributed by atoms with Crippen molar-refractivity contribution >= 4 is 11.6 Å². The minimum Gasteiger partial charge on any atom is -0.485 e. The number of rotatable bonds is 9. The zero-order valence-electron chi connectivity index (χ0n) is 19.9. The third kappa shape index (κ3) is 6.02. The summed E-state index contributed by atoms with van der Waals surface area (Å²) in [5.41, 5.74) is 4.08. The number of hydrogen-bond donors (Lipinski definition) is 4. The van der Waals surface area contributed by atoms with E-state index in [0.717, 1.165) is 35.4 Å². The predicted octanol–water partition coefficient (Wildman–Crippen LogP) is 3.59. The number of nitrogens with one attached hydrogen (secondary N) is 3. The standard InChI is InChI=1S/C26H37N3O3/c1-6-18-12-20-23(15-26(3,4)32-25(20)22(13-18)27-5)28-16-24(31)21(29-17(2)30)14-19-10-8-7-9-11-19/h7-13,21,23-24,27-28,31H,6,14-16H2,1-5H3,(H,29,30)/t21-,23-,24+/m0/s1. The van der Waals surface area contributed by atoms with Crippen molar-refractivity contribution in [2.45, 2.75) is 70.7 Å². The summed E-state index contributed by atoms with van der Waals surface area (Å²) in [7, 11) is 1.91. The molecule has 1 aliphatic heterocycles. The monoisotopic (exact) mass is 439 g/mol. The average Bonchev–Trinajstić information content (AvgIpc) is 2.76. The maximum atomic E-state index is 11.8. The molecule has 1 amide bonds. The molecule has 32 heavy (non-hydrogen) atoms. The van der Waals surface area contributed by atoms with E-state index in [0.29, 0.717) is 13.0 Å². The van der Waals surface area contributed by atoms with E-state index in [4.69, 9.17) is 4.74 Å². The van der Waals surface area contributed by atoms with Crippen LogP contribution in [0, 0.1) is 0 Å². The van der Waals surface area contributed by atoms with Gasteiger partial charge in [-0.3, -0.25) is 4.79 Å². The normalized spacial score (nSPS) is 18.8. The van der Waals surface area contributed by atoms with Gasteiger partial charge in [0, 0.05) is 38.5 Å². The van der Waals surface area contributed by atoms with Crippen molar-refractivity contribution in [2.24, 2.45) is 0 Å². The second-order valence-corrected chi connectivity index (χ2v) is 9.26. The van der Waals surface area contributed by atoms with E-state index in [2.05, 4.69) is 48.9 Å². The van der Waals surface area contributed by atoms with Gasteiger partial charge >= 0.3 is 0 Å². The highest BCUT2D eigenvalue weighted by atomic mass is 16.5. The molecule has 0 saturated heterocycles. The Bertz CT molecular complexity index is 914. The number of ether oxygens (including phenoxy) is 1. The van der Waals surface area contributed by atoms with Crippen LogP contribution in [0.5, 0.6) is 5.75 Å². The van der Waals surface area contributed by atoms with Gasteiger partial charge in [-0.05, 0) is 43.9 Å². The van der Waals surface area contributed by atoms with E-state index in [1.165, 1.54) is 12.5 Å². The van der Waals surface area contributed by atoms with Gasteiger partial charge in [0.05, 0.1) is 17.8 Å². The molecule has 2 aromatic rings. The fourth-order valence-electron chi connectivity index (χ4n) is 4.40. The first kappa shape index (κ1) is 24.1. The number of hydrogen-bond acceptors (Lipinski definition) is 5. The second kappa shape index (κ2) is 10.4. The van der Waals surface area contributed by atoms with E-state index in [9.17, 15) is 9.90 Å². The van der Waals surface area contributed by atoms with Crippen molar-refractivity contribution < 1.29 is 14.6 Å². The minimum absolute atomic E-state index is 0.0386. The molecule has 0 unspecified atom stereocenters. The third-order valence-electron chi connectivity index (χ3n) is 6.03. The predicted molar refractivity (Wildman–Crippen MR) is 129 cm³/mol. The summed E-state index contributed by atoms with van der Waals surface area (Å²) in [6.45, 7) is 8.17. The quantitative estimate of drug-likeness (QED) is 0.480. The lowest BCUT2D eigenvalue weighted by molar-refractivity contribution is -0.120. The van der Waals surface area contributed by atoms with E-state index in [1.807, 2.05) is 37.4 Å². The molecule has 3 atom stereocenters. The van der Waals surface area contributed by atoms with Crippen molar-refractivity contribution in [3.05, 3.63) is 59.2 Å². The molecule has 0 radical (unpaired) electrons. The Balaban J connectivity index is 1.79. The van der Waals surface area contributed by atoms with Crippen LogP contribution in [0.15, 0.2) is 42.5 Å². The summed E-state index contributed by atoms with van der Waals surface area (Å²) >= 11 is 0. The van der Waals surface area contributed by atoms with Gasteiger partial charge in [-0.25, -0.2) is 0 Å². The fourth-order valence-corrected chi connectivity index (χ4v) is 4.40. The van der Waals surface area contributed by atoms with Gasteiger partial charge in [-0.1, -0.05) is 43.3 Å². The van der Waals surface area contributed by atoms with Crippen LogP contribution in [0.4, 0.5) is 5.69 Å². The van der Waals surface area contributed by atoms with Crippen molar-refractivity contribution in [3.8, 4) is 5.75 Å². The first-order chi connectivity index (χ1) is 15.2. The van der Waals surface area contributed by atoms with Gasteiger partial charge in [0.1, 0.15) is 11.4 Å². The molecular formula is C26H37N3O3. The highest BCUT2D eigenvalue weighted by Crippen LogP contribution is 2.44. The van der Waals surface area contributed by atoms with Crippen molar-refractivity contribution in [2.75, 3.05) is 18.9 Å². The topological polar surface area (TPSA) is 82.6 Å². The Morgan fingerprint density at radius 1 is 1.22 bits per heavy atom. The number of aliphatic hydroxyl groups excluding tert-OH is 1. The Hall–Kier alpha value is -2.57. The zero-order valence-corrected chi connectivity index (χ0v) is 19.9. The van der Waals surface area contributed by atoms with E-state index in [1.54, 1.807) is 0 Å². The molecule has 1 aliphatic rings. The molecule has 174 valence electrons. The number of anilines is 1. The molecule has 6 nitrogen and oxygen atoms in total. The Morgan fingerprint density at radius 2 is 1.94 bits per heavy atom. The highest BCUT2D eigenvalue weighted by Gasteiger charge is 2.36. The third-order valence-corrected chi connectivity index (χ3v) is 6.03. The number of carbonyl (C=O) groups excluding carboxylic acids is 1. The molecule has 0 aliphatic carbocycles. The van der Waals surface area contributed by atoms with Gasteiger partial charge in [0.2, 0.25) is 5.91 Å². The molecule has 0 saturated carbocycles. The van der Waals surface area contributed by atoms with Crippen molar-refractivity contribution in [3.63, 3.8) is 0 Å². The summed E-state index contributed by atoms with van der Waals surface area (Å²) in [6, 6.07) is 13.9. The van der Waals surface area contributed by atoms with Gasteiger partial charge in [-0.15, -0.1) is 0 Å². The van der Waals surface area contributed by atoms with Crippen LogP contribution in [0.2, 0.25) is 0 Å². The Morgan fingerprint density at radius 3 is 2.56 bits per heavy atom. The summed E-state index contributed by atoms with van der Waals surface area (Å²) in [5, 5.41) is 20.8. The summed E-state index contributed by atoms with van der Waals surface area (Å²) in [6.07, 6.45) is 1.56. The van der Waals surface area contributed by atoms with Gasteiger partial charge in [-0.2, -0.15) is 0 Å². The molecular weight excluding hydrogens is 402 g/mol. The van der Waals surface area contributed by atoms with Crippen LogP contribution in [0.25, 0.3) is 0 Å². The zero-order chi connectivity index (χ0) is 23.3. The fraction of sp³-hybridized carbons (Fsp3) is 0.500. The average molecular weight is 440 g/mol. The van der Waals surface area contributed by atoms with Crippen LogP contribution < -0.4 is 20.7 Å². The molecule has 0 fully saturated rings. The Labute approximate surface area is 191 Å². The second-order valence-electron chi connectivity index (χ2n) is 9.26. The number of aliphatic hydroxyl groups is 1. The molecule has 0 aromatic heterocycles. The number of fused-ring (bicyclic) bond motifs is 1. The van der Waals surface area contributed by atoms with Crippen LogP contribution in [-0.4, -0.2) is 42.4 Å². The lowest BCUT2D eigenvalue weighted by atomic mass is 9.87. The number of benzene rings is 2. The maximum Gasteiger partial charge on any atom is 0.217 e. The minimum atomic E-state index is -0.730. The van der Waals surface area contributed by atoms with E-state index >= 15 is 0 Å². The molecule has 0 bridgehead atoms. The van der Waals surface area contributed by atoms with Gasteiger partial charge in [0.25, 0.3) is 0 Å². The molecule has 3 rings (SSSR count). The van der Waals surface area contributed by atoms with Crippen molar-refractivity contribution in [1.29, 1.82) is 0 Å². The van der Waals surface area contributed by atoms with Gasteiger partial charge in [0.15, 0.2) is 0 Å². The van der Waals surface area contributed by atoms with E-state index < -0.39 is 6.10 Å². The van der Waals surface area contributed by atoms with Crippen LogP contribution >= 0.6 is 0 Å². The molecule has 2 aromatic carbocycles. The number of aryl methyl sites for hydroxylation is 1.